The average Bonchev–Trinajstić information content (AvgIpc) is 3.17. The lowest BCUT2D eigenvalue weighted by atomic mass is 10.1. The van der Waals surface area contributed by atoms with Crippen LogP contribution in [0.15, 0.2) is 12.3 Å². The number of hydrogen-bond donors (Lipinski definition) is 1. The molecule has 3 nitrogen and oxygen atoms in total. The van der Waals surface area contributed by atoms with Gasteiger partial charge in [0.25, 0.3) is 0 Å². The lowest BCUT2D eigenvalue weighted by Gasteiger charge is -2.28. The summed E-state index contributed by atoms with van der Waals surface area (Å²) in [4.78, 5) is 5.69. The van der Waals surface area contributed by atoms with Crippen molar-refractivity contribution in [2.24, 2.45) is 0 Å². The maximum Gasteiger partial charge on any atom is 0.405 e. The van der Waals surface area contributed by atoms with E-state index < -0.39 is 12.7 Å². The molecule has 0 unspecified atom stereocenters. The third-order valence-electron chi connectivity index (χ3n) is 3.31. The number of halogens is 3. The molecular formula is C14H20F3N3. The maximum atomic E-state index is 12.8. The van der Waals surface area contributed by atoms with Gasteiger partial charge in [0.1, 0.15) is 6.54 Å². The van der Waals surface area contributed by atoms with Crippen LogP contribution in [0, 0.1) is 6.92 Å². The maximum absolute atomic E-state index is 12.8. The van der Waals surface area contributed by atoms with Crippen molar-refractivity contribution in [3.05, 3.63) is 23.5 Å². The highest BCUT2D eigenvalue weighted by atomic mass is 19.4. The van der Waals surface area contributed by atoms with Gasteiger partial charge in [-0.1, -0.05) is 6.92 Å². The third kappa shape index (κ3) is 4.10. The molecule has 0 aromatic carbocycles. The Morgan fingerprint density at radius 3 is 2.65 bits per heavy atom. The first-order valence-electron chi connectivity index (χ1n) is 6.90. The fourth-order valence-electron chi connectivity index (χ4n) is 2.23. The van der Waals surface area contributed by atoms with E-state index in [-0.39, 0.29) is 6.04 Å². The van der Waals surface area contributed by atoms with E-state index >= 15 is 0 Å². The Kier molecular flexibility index (Phi) is 4.52. The molecule has 1 aliphatic rings. The van der Waals surface area contributed by atoms with E-state index in [4.69, 9.17) is 0 Å². The molecule has 0 amide bonds. The Hall–Kier alpha value is -1.30. The van der Waals surface area contributed by atoms with Crippen LogP contribution in [-0.2, 0) is 6.54 Å². The first-order valence-corrected chi connectivity index (χ1v) is 6.90. The van der Waals surface area contributed by atoms with Crippen molar-refractivity contribution >= 4 is 5.69 Å². The lowest BCUT2D eigenvalue weighted by Crippen LogP contribution is -2.37. The van der Waals surface area contributed by atoms with Crippen LogP contribution in [0.1, 0.15) is 31.0 Å². The molecule has 6 heteroatoms. The van der Waals surface area contributed by atoms with E-state index in [2.05, 4.69) is 10.3 Å². The fourth-order valence-corrected chi connectivity index (χ4v) is 2.23. The third-order valence-corrected chi connectivity index (χ3v) is 3.31. The Bertz CT molecular complexity index is 455. The first kappa shape index (κ1) is 15.1. The number of nitrogens with one attached hydrogen (secondary N) is 1. The topological polar surface area (TPSA) is 28.2 Å². The van der Waals surface area contributed by atoms with Crippen molar-refractivity contribution in [1.29, 1.82) is 0 Å². The minimum Gasteiger partial charge on any atom is -0.359 e. The summed E-state index contributed by atoms with van der Waals surface area (Å²) >= 11 is 0. The fraction of sp³-hybridized carbons (Fsp3) is 0.643. The van der Waals surface area contributed by atoms with Crippen molar-refractivity contribution < 1.29 is 13.2 Å². The van der Waals surface area contributed by atoms with Gasteiger partial charge < -0.3 is 10.2 Å². The van der Waals surface area contributed by atoms with Gasteiger partial charge >= 0.3 is 6.18 Å². The number of nitrogens with zero attached hydrogens (tertiary/aromatic N) is 2. The van der Waals surface area contributed by atoms with Gasteiger partial charge in [0.05, 0.1) is 0 Å². The second kappa shape index (κ2) is 5.99. The van der Waals surface area contributed by atoms with E-state index in [1.807, 2.05) is 6.92 Å². The van der Waals surface area contributed by atoms with E-state index in [0.29, 0.717) is 12.2 Å². The Morgan fingerprint density at radius 2 is 2.10 bits per heavy atom. The molecule has 1 heterocycles. The molecule has 2 rings (SSSR count). The molecule has 0 radical (unpaired) electrons. The van der Waals surface area contributed by atoms with Crippen LogP contribution in [0.25, 0.3) is 0 Å². The largest absolute Gasteiger partial charge is 0.405 e. The van der Waals surface area contributed by atoms with E-state index in [1.54, 1.807) is 19.2 Å². The monoisotopic (exact) mass is 287 g/mol. The van der Waals surface area contributed by atoms with Gasteiger partial charge in [-0.2, -0.15) is 13.2 Å². The smallest absolute Gasteiger partial charge is 0.359 e. The van der Waals surface area contributed by atoms with Crippen LogP contribution in [0.5, 0.6) is 0 Å². The summed E-state index contributed by atoms with van der Waals surface area (Å²) in [5.74, 6) is 0. The number of aromatic nitrogens is 1. The van der Waals surface area contributed by atoms with Gasteiger partial charge in [-0.25, -0.2) is 0 Å². The zero-order valence-electron chi connectivity index (χ0n) is 11.8. The summed E-state index contributed by atoms with van der Waals surface area (Å²) in [6.07, 6.45) is -0.843. The highest BCUT2D eigenvalue weighted by Gasteiger charge is 2.38. The van der Waals surface area contributed by atoms with E-state index in [1.165, 1.54) is 4.90 Å². The molecule has 0 bridgehead atoms. The summed E-state index contributed by atoms with van der Waals surface area (Å²) in [6, 6.07) is 1.77. The Labute approximate surface area is 117 Å². The Balaban J connectivity index is 2.28. The molecule has 1 N–H and O–H groups in total. The number of aryl methyl sites for hydroxylation is 1. The van der Waals surface area contributed by atoms with Crippen LogP contribution in [-0.4, -0.2) is 30.3 Å². The van der Waals surface area contributed by atoms with Gasteiger partial charge in [0, 0.05) is 35.7 Å². The quantitative estimate of drug-likeness (QED) is 0.871. The predicted octanol–water partition coefficient (Wildman–Crippen LogP) is 3.03. The number of alkyl halides is 3. The van der Waals surface area contributed by atoms with Gasteiger partial charge in [0.2, 0.25) is 0 Å². The highest BCUT2D eigenvalue weighted by Crippen LogP contribution is 2.36. The average molecular weight is 287 g/mol. The molecule has 1 fully saturated rings. The van der Waals surface area contributed by atoms with Crippen molar-refractivity contribution in [3.8, 4) is 0 Å². The van der Waals surface area contributed by atoms with Crippen LogP contribution in [0.2, 0.25) is 0 Å². The standard InChI is InChI=1S/C14H20F3N3/c1-3-18-7-11-8-19-10(2)6-13(11)20(12-4-5-12)9-14(15,16)17/h6,8,12,18H,3-5,7,9H2,1-2H3. The minimum absolute atomic E-state index is 0.0128. The molecule has 112 valence electrons. The lowest BCUT2D eigenvalue weighted by molar-refractivity contribution is -0.120. The van der Waals surface area contributed by atoms with Gasteiger partial charge in [-0.05, 0) is 32.4 Å². The highest BCUT2D eigenvalue weighted by molar-refractivity contribution is 5.55. The van der Waals surface area contributed by atoms with Crippen LogP contribution in [0.4, 0.5) is 18.9 Å². The van der Waals surface area contributed by atoms with Crippen molar-refractivity contribution in [3.63, 3.8) is 0 Å². The number of rotatable bonds is 6. The molecule has 1 aromatic rings. The zero-order chi connectivity index (χ0) is 14.8. The zero-order valence-corrected chi connectivity index (χ0v) is 11.8. The second-order valence-corrected chi connectivity index (χ2v) is 5.21. The number of pyridine rings is 1. The summed E-state index contributed by atoms with van der Waals surface area (Å²) in [5, 5.41) is 3.15. The molecular weight excluding hydrogens is 267 g/mol. The molecule has 1 saturated carbocycles. The predicted molar refractivity (Wildman–Crippen MR) is 72.8 cm³/mol. The van der Waals surface area contributed by atoms with Crippen molar-refractivity contribution in [2.75, 3.05) is 18.0 Å². The number of anilines is 1. The SMILES string of the molecule is CCNCc1cnc(C)cc1N(CC(F)(F)F)C1CC1. The van der Waals surface area contributed by atoms with E-state index in [9.17, 15) is 13.2 Å². The second-order valence-electron chi connectivity index (χ2n) is 5.21. The summed E-state index contributed by atoms with van der Waals surface area (Å²) in [7, 11) is 0. The number of hydrogen-bond acceptors (Lipinski definition) is 3. The summed E-state index contributed by atoms with van der Waals surface area (Å²) < 4.78 is 38.4. The van der Waals surface area contributed by atoms with E-state index in [0.717, 1.165) is 30.6 Å². The minimum atomic E-state index is -4.19. The molecule has 0 spiro atoms. The van der Waals surface area contributed by atoms with Gasteiger partial charge in [-0.15, -0.1) is 0 Å². The molecule has 20 heavy (non-hydrogen) atoms. The molecule has 0 saturated heterocycles. The normalized spacial score (nSPS) is 15.4. The summed E-state index contributed by atoms with van der Waals surface area (Å²) in [5.41, 5.74) is 2.24. The molecule has 0 atom stereocenters. The van der Waals surface area contributed by atoms with Crippen LogP contribution in [0.3, 0.4) is 0 Å². The first-order chi connectivity index (χ1) is 9.40. The van der Waals surface area contributed by atoms with Crippen molar-refractivity contribution in [2.45, 2.75) is 45.5 Å². The molecule has 1 aliphatic carbocycles. The molecule has 0 aliphatic heterocycles. The van der Waals surface area contributed by atoms with Crippen LogP contribution >= 0.6 is 0 Å². The van der Waals surface area contributed by atoms with Gasteiger partial charge in [-0.3, -0.25) is 4.98 Å². The van der Waals surface area contributed by atoms with Gasteiger partial charge in [0.15, 0.2) is 0 Å². The van der Waals surface area contributed by atoms with Crippen molar-refractivity contribution in [1.82, 2.24) is 10.3 Å². The Morgan fingerprint density at radius 1 is 1.40 bits per heavy atom. The molecule has 1 aromatic heterocycles. The summed E-state index contributed by atoms with van der Waals surface area (Å²) in [6.45, 7) is 4.20. The van der Waals surface area contributed by atoms with Crippen LogP contribution < -0.4 is 10.2 Å².